The molecule has 0 bridgehead atoms. The molecule has 1 unspecified atom stereocenters. The second-order valence-electron chi connectivity index (χ2n) is 5.66. The second kappa shape index (κ2) is 5.32. The monoisotopic (exact) mass is 317 g/mol. The van der Waals surface area contributed by atoms with Crippen LogP contribution in [0.5, 0.6) is 5.75 Å². The Labute approximate surface area is 131 Å². The van der Waals surface area contributed by atoms with Crippen LogP contribution in [0.4, 0.5) is 5.69 Å². The summed E-state index contributed by atoms with van der Waals surface area (Å²) in [5, 5.41) is 0. The molecule has 0 spiro atoms. The van der Waals surface area contributed by atoms with E-state index in [4.69, 9.17) is 4.74 Å². The number of sulfonamides is 1. The molecule has 5 heteroatoms. The molecule has 0 saturated carbocycles. The summed E-state index contributed by atoms with van der Waals surface area (Å²) in [7, 11) is -1.93. The average molecular weight is 317 g/mol. The van der Waals surface area contributed by atoms with Gasteiger partial charge < -0.3 is 4.74 Å². The first-order valence-corrected chi connectivity index (χ1v) is 8.65. The van der Waals surface area contributed by atoms with Crippen LogP contribution in [-0.2, 0) is 16.4 Å². The normalized spacial score (nSPS) is 17.4. The van der Waals surface area contributed by atoms with Crippen molar-refractivity contribution in [1.29, 1.82) is 0 Å². The number of methoxy groups -OCH3 is 1. The fourth-order valence-electron chi connectivity index (χ4n) is 2.90. The molecule has 1 aliphatic rings. The largest absolute Gasteiger partial charge is 0.497 e. The third-order valence-electron chi connectivity index (χ3n) is 4.02. The molecule has 0 amide bonds. The highest BCUT2D eigenvalue weighted by Crippen LogP contribution is 2.38. The Bertz CT molecular complexity index is 797. The topological polar surface area (TPSA) is 46.6 Å². The van der Waals surface area contributed by atoms with Crippen LogP contribution in [0.1, 0.15) is 18.1 Å². The zero-order valence-electron chi connectivity index (χ0n) is 12.9. The molecule has 0 N–H and O–H groups in total. The van der Waals surface area contributed by atoms with Gasteiger partial charge in [-0.25, -0.2) is 8.42 Å². The Morgan fingerprint density at radius 3 is 2.45 bits per heavy atom. The van der Waals surface area contributed by atoms with E-state index < -0.39 is 10.0 Å². The maximum absolute atomic E-state index is 13.0. The molecule has 0 aromatic heterocycles. The van der Waals surface area contributed by atoms with Gasteiger partial charge in [0.1, 0.15) is 5.75 Å². The van der Waals surface area contributed by atoms with Crippen LogP contribution in [0.25, 0.3) is 0 Å². The first-order valence-electron chi connectivity index (χ1n) is 7.21. The highest BCUT2D eigenvalue weighted by molar-refractivity contribution is 7.92. The number of hydrogen-bond acceptors (Lipinski definition) is 3. The van der Waals surface area contributed by atoms with Gasteiger partial charge in [0.2, 0.25) is 0 Å². The van der Waals surface area contributed by atoms with Gasteiger partial charge in [0.05, 0.1) is 17.7 Å². The van der Waals surface area contributed by atoms with Gasteiger partial charge in [-0.1, -0.05) is 17.7 Å². The minimum absolute atomic E-state index is 0.103. The van der Waals surface area contributed by atoms with Gasteiger partial charge in [-0.2, -0.15) is 0 Å². The third-order valence-corrected chi connectivity index (χ3v) is 5.96. The Balaban J connectivity index is 2.07. The van der Waals surface area contributed by atoms with Crippen LogP contribution >= 0.6 is 0 Å². The SMILES string of the molecule is COc1ccc2c(c1)CC(C)N2S(=O)(=O)c1ccc(C)cc1. The molecule has 0 aliphatic carbocycles. The lowest BCUT2D eigenvalue weighted by molar-refractivity contribution is 0.414. The number of nitrogens with zero attached hydrogens (tertiary/aromatic N) is 1. The summed E-state index contributed by atoms with van der Waals surface area (Å²) >= 11 is 0. The number of anilines is 1. The van der Waals surface area contributed by atoms with Crippen molar-refractivity contribution in [2.45, 2.75) is 31.2 Å². The Morgan fingerprint density at radius 1 is 1.14 bits per heavy atom. The number of benzene rings is 2. The van der Waals surface area contributed by atoms with Crippen LogP contribution < -0.4 is 9.04 Å². The summed E-state index contributed by atoms with van der Waals surface area (Å²) in [5.74, 6) is 0.750. The summed E-state index contributed by atoms with van der Waals surface area (Å²) < 4.78 is 32.7. The summed E-state index contributed by atoms with van der Waals surface area (Å²) in [6.07, 6.45) is 0.692. The zero-order valence-corrected chi connectivity index (χ0v) is 13.7. The molecule has 1 atom stereocenters. The van der Waals surface area contributed by atoms with E-state index in [0.29, 0.717) is 11.3 Å². The summed E-state index contributed by atoms with van der Waals surface area (Å²) in [4.78, 5) is 0.327. The Kier molecular flexibility index (Phi) is 3.60. The quantitative estimate of drug-likeness (QED) is 0.873. The predicted molar refractivity (Wildman–Crippen MR) is 87.0 cm³/mol. The lowest BCUT2D eigenvalue weighted by atomic mass is 10.1. The van der Waals surface area contributed by atoms with Crippen molar-refractivity contribution in [2.75, 3.05) is 11.4 Å². The van der Waals surface area contributed by atoms with Crippen molar-refractivity contribution in [1.82, 2.24) is 0 Å². The van der Waals surface area contributed by atoms with Crippen LogP contribution in [-0.4, -0.2) is 21.6 Å². The molecule has 116 valence electrons. The van der Waals surface area contributed by atoms with Crippen molar-refractivity contribution < 1.29 is 13.2 Å². The highest BCUT2D eigenvalue weighted by atomic mass is 32.2. The third kappa shape index (κ3) is 2.35. The molecule has 0 saturated heterocycles. The summed E-state index contributed by atoms with van der Waals surface area (Å²) in [6.45, 7) is 3.87. The van der Waals surface area contributed by atoms with E-state index in [1.165, 1.54) is 4.31 Å². The molecule has 1 heterocycles. The second-order valence-corrected chi connectivity index (χ2v) is 7.48. The molecular formula is C17H19NO3S. The minimum Gasteiger partial charge on any atom is -0.497 e. The molecule has 4 nitrogen and oxygen atoms in total. The lowest BCUT2D eigenvalue weighted by Gasteiger charge is -2.24. The summed E-state index contributed by atoms with van der Waals surface area (Å²) in [5.41, 5.74) is 2.79. The lowest BCUT2D eigenvalue weighted by Crippen LogP contribution is -2.35. The van der Waals surface area contributed by atoms with Crippen molar-refractivity contribution in [2.24, 2.45) is 0 Å². The van der Waals surface area contributed by atoms with Gasteiger partial charge in [0.15, 0.2) is 0 Å². The minimum atomic E-state index is -3.55. The van der Waals surface area contributed by atoms with Crippen molar-refractivity contribution in [3.63, 3.8) is 0 Å². The van der Waals surface area contributed by atoms with E-state index in [1.54, 1.807) is 25.3 Å². The number of rotatable bonds is 3. The Morgan fingerprint density at radius 2 is 1.82 bits per heavy atom. The Hall–Kier alpha value is -2.01. The van der Waals surface area contributed by atoms with Crippen LogP contribution in [0.3, 0.4) is 0 Å². The molecule has 2 aromatic carbocycles. The van der Waals surface area contributed by atoms with E-state index >= 15 is 0 Å². The predicted octanol–water partition coefficient (Wildman–Crippen LogP) is 3.14. The maximum atomic E-state index is 13.0. The van der Waals surface area contributed by atoms with Gasteiger partial charge >= 0.3 is 0 Å². The van der Waals surface area contributed by atoms with Gasteiger partial charge in [0, 0.05) is 6.04 Å². The van der Waals surface area contributed by atoms with Gasteiger partial charge in [-0.3, -0.25) is 4.31 Å². The molecule has 1 aliphatic heterocycles. The molecule has 3 rings (SSSR count). The summed E-state index contributed by atoms with van der Waals surface area (Å²) in [6, 6.07) is 12.4. The van der Waals surface area contributed by atoms with Gasteiger partial charge in [-0.05, 0) is 56.2 Å². The van der Waals surface area contributed by atoms with E-state index in [0.717, 1.165) is 22.6 Å². The van der Waals surface area contributed by atoms with E-state index in [1.807, 2.05) is 38.1 Å². The first kappa shape index (κ1) is 14.9. The number of fused-ring (bicyclic) bond motifs is 1. The number of hydrogen-bond donors (Lipinski definition) is 0. The number of aryl methyl sites for hydroxylation is 1. The fourth-order valence-corrected chi connectivity index (χ4v) is 4.59. The van der Waals surface area contributed by atoms with Crippen molar-refractivity contribution in [3.05, 3.63) is 53.6 Å². The molecule has 22 heavy (non-hydrogen) atoms. The standard InChI is InChI=1S/C17H19NO3S/c1-12-4-7-16(8-5-12)22(19,20)18-13(2)10-14-11-15(21-3)6-9-17(14)18/h4-9,11,13H,10H2,1-3H3. The fraction of sp³-hybridized carbons (Fsp3) is 0.294. The first-order chi connectivity index (χ1) is 10.4. The highest BCUT2D eigenvalue weighted by Gasteiger charge is 2.36. The van der Waals surface area contributed by atoms with Crippen molar-refractivity contribution >= 4 is 15.7 Å². The molecular weight excluding hydrogens is 298 g/mol. The van der Waals surface area contributed by atoms with E-state index in [-0.39, 0.29) is 6.04 Å². The van der Waals surface area contributed by atoms with Crippen LogP contribution in [0, 0.1) is 6.92 Å². The number of ether oxygens (including phenoxy) is 1. The molecule has 2 aromatic rings. The molecule has 0 fully saturated rings. The smallest absolute Gasteiger partial charge is 0.264 e. The van der Waals surface area contributed by atoms with Crippen LogP contribution in [0.15, 0.2) is 47.4 Å². The maximum Gasteiger partial charge on any atom is 0.264 e. The van der Waals surface area contributed by atoms with Gasteiger partial charge in [-0.15, -0.1) is 0 Å². The van der Waals surface area contributed by atoms with E-state index in [2.05, 4.69) is 0 Å². The van der Waals surface area contributed by atoms with Crippen LogP contribution in [0.2, 0.25) is 0 Å². The molecule has 0 radical (unpaired) electrons. The average Bonchev–Trinajstić information content (AvgIpc) is 2.83. The van der Waals surface area contributed by atoms with E-state index in [9.17, 15) is 8.42 Å². The zero-order chi connectivity index (χ0) is 15.9. The van der Waals surface area contributed by atoms with Crippen molar-refractivity contribution in [3.8, 4) is 5.75 Å². The van der Waals surface area contributed by atoms with Gasteiger partial charge in [0.25, 0.3) is 10.0 Å².